The van der Waals surface area contributed by atoms with E-state index in [-0.39, 0.29) is 22.6 Å². The number of alkyl halides is 2. The maximum absolute atomic E-state index is 14.0. The van der Waals surface area contributed by atoms with Crippen LogP contribution >= 0.6 is 0 Å². The van der Waals surface area contributed by atoms with Gasteiger partial charge in [0.1, 0.15) is 11.6 Å². The van der Waals surface area contributed by atoms with Gasteiger partial charge in [0.15, 0.2) is 5.75 Å². The lowest BCUT2D eigenvalue weighted by Crippen LogP contribution is -2.50. The van der Waals surface area contributed by atoms with E-state index in [0.29, 0.717) is 11.0 Å². The third-order valence-corrected chi connectivity index (χ3v) is 3.83. The quantitative estimate of drug-likeness (QED) is 0.857. The Labute approximate surface area is 140 Å². The van der Waals surface area contributed by atoms with Crippen LogP contribution in [0.25, 0.3) is 0 Å². The molecule has 1 unspecified atom stereocenters. The molecule has 2 aromatic carbocycles. The van der Waals surface area contributed by atoms with E-state index in [1.165, 1.54) is 25.1 Å². The van der Waals surface area contributed by atoms with E-state index in [9.17, 15) is 27.5 Å². The van der Waals surface area contributed by atoms with Gasteiger partial charge in [-0.3, -0.25) is 9.69 Å². The molecule has 0 aliphatic carbocycles. The number of nitrogens with zero attached hydrogens (tertiary/aromatic N) is 1. The Morgan fingerprint density at radius 3 is 2.60 bits per heavy atom. The fraction of sp³-hybridized carbons (Fsp3) is 0.235. The third-order valence-electron chi connectivity index (χ3n) is 3.83. The first kappa shape index (κ1) is 17.2. The van der Waals surface area contributed by atoms with E-state index in [0.717, 1.165) is 12.1 Å². The van der Waals surface area contributed by atoms with Crippen molar-refractivity contribution in [2.24, 2.45) is 0 Å². The van der Waals surface area contributed by atoms with E-state index in [4.69, 9.17) is 0 Å². The highest BCUT2D eigenvalue weighted by Gasteiger charge is 2.51. The molecule has 1 atom stereocenters. The summed E-state index contributed by atoms with van der Waals surface area (Å²) in [5.74, 6) is -3.82. The van der Waals surface area contributed by atoms with Crippen molar-refractivity contribution in [2.75, 3.05) is 4.90 Å². The van der Waals surface area contributed by atoms with Crippen molar-refractivity contribution in [1.82, 2.24) is 0 Å². The number of carbonyl (C=O) groups excluding carboxylic acids is 1. The van der Waals surface area contributed by atoms with Gasteiger partial charge in [-0.2, -0.15) is 8.78 Å². The van der Waals surface area contributed by atoms with Gasteiger partial charge in [-0.05, 0) is 19.1 Å². The monoisotopic (exact) mass is 355 g/mol. The van der Waals surface area contributed by atoms with Gasteiger partial charge in [0, 0.05) is 17.2 Å². The Bertz CT molecular complexity index is 839. The first-order valence-corrected chi connectivity index (χ1v) is 7.34. The summed E-state index contributed by atoms with van der Waals surface area (Å²) >= 11 is 0. The molecule has 25 heavy (non-hydrogen) atoms. The highest BCUT2D eigenvalue weighted by Crippen LogP contribution is 2.44. The van der Waals surface area contributed by atoms with Crippen LogP contribution in [0.15, 0.2) is 36.4 Å². The number of hydrogen-bond acceptors (Lipinski definition) is 3. The molecule has 0 radical (unpaired) electrons. The van der Waals surface area contributed by atoms with E-state index in [1.807, 2.05) is 0 Å². The van der Waals surface area contributed by atoms with Crippen molar-refractivity contribution in [3.63, 3.8) is 0 Å². The lowest BCUT2D eigenvalue weighted by Gasteiger charge is -2.35. The minimum Gasteiger partial charge on any atom is -0.423 e. The number of rotatable bonds is 3. The summed E-state index contributed by atoms with van der Waals surface area (Å²) in [7, 11) is 0. The third kappa shape index (κ3) is 3.05. The summed E-state index contributed by atoms with van der Waals surface area (Å²) < 4.78 is 59.4. The predicted octanol–water partition coefficient (Wildman–Crippen LogP) is 3.54. The molecular weight excluding hydrogens is 342 g/mol. The van der Waals surface area contributed by atoms with Crippen LogP contribution in [0.3, 0.4) is 0 Å². The smallest absolute Gasteiger partial charge is 0.423 e. The molecule has 1 amide bonds. The molecule has 0 saturated heterocycles. The van der Waals surface area contributed by atoms with Crippen LogP contribution in [0.2, 0.25) is 0 Å². The number of aliphatic hydroxyl groups excluding tert-OH is 1. The lowest BCUT2D eigenvalue weighted by atomic mass is 10.1. The number of hydrogen-bond donors (Lipinski definition) is 1. The van der Waals surface area contributed by atoms with E-state index >= 15 is 0 Å². The van der Waals surface area contributed by atoms with Gasteiger partial charge >= 0.3 is 12.0 Å². The largest absolute Gasteiger partial charge is 0.483 e. The average molecular weight is 355 g/mol. The minimum atomic E-state index is -4.17. The van der Waals surface area contributed by atoms with Gasteiger partial charge < -0.3 is 9.84 Å². The number of aliphatic hydroxyl groups is 1. The van der Waals surface area contributed by atoms with Crippen molar-refractivity contribution in [3.05, 3.63) is 59.2 Å². The molecule has 0 aromatic heterocycles. The van der Waals surface area contributed by atoms with Crippen molar-refractivity contribution in [2.45, 2.75) is 25.7 Å². The zero-order valence-electron chi connectivity index (χ0n) is 13.0. The van der Waals surface area contributed by atoms with Crippen LogP contribution in [-0.4, -0.2) is 17.1 Å². The Morgan fingerprint density at radius 1 is 1.24 bits per heavy atom. The number of halogens is 4. The number of amides is 1. The van der Waals surface area contributed by atoms with Crippen LogP contribution in [0.5, 0.6) is 5.75 Å². The maximum atomic E-state index is 14.0. The summed E-state index contributed by atoms with van der Waals surface area (Å²) in [5.41, 5.74) is -0.104. The fourth-order valence-corrected chi connectivity index (χ4v) is 2.61. The number of ether oxygens (including phenoxy) is 1. The normalized spacial score (nSPS) is 17.0. The summed E-state index contributed by atoms with van der Waals surface area (Å²) in [4.78, 5) is 12.7. The number of fused-ring (bicyclic) bond motifs is 1. The van der Waals surface area contributed by atoms with Crippen LogP contribution < -0.4 is 9.64 Å². The molecule has 0 spiro atoms. The molecule has 0 fully saturated rings. The number of carbonyl (C=O) groups is 1. The van der Waals surface area contributed by atoms with Gasteiger partial charge in [0.05, 0.1) is 18.3 Å². The van der Waals surface area contributed by atoms with E-state index < -0.39 is 36.3 Å². The Balaban J connectivity index is 2.10. The van der Waals surface area contributed by atoms with Gasteiger partial charge in [-0.15, -0.1) is 0 Å². The van der Waals surface area contributed by atoms with Crippen molar-refractivity contribution < 1.29 is 32.2 Å². The van der Waals surface area contributed by atoms with Gasteiger partial charge in [-0.1, -0.05) is 18.2 Å². The lowest BCUT2D eigenvalue weighted by molar-refractivity contribution is -0.193. The zero-order valence-corrected chi connectivity index (χ0v) is 13.0. The van der Waals surface area contributed by atoms with Gasteiger partial charge in [-0.25, -0.2) is 8.78 Å². The Morgan fingerprint density at radius 2 is 1.96 bits per heavy atom. The standard InChI is InChI=1S/C17H13F4NO3/c1-9(23)12-3-2-4-14-15(12)25-17(20,21)16(24)22(14)8-10-5-6-11(18)7-13(10)19/h2-7,9,23H,8H2,1H3. The molecule has 3 rings (SSSR count). The molecular formula is C17H13F4NO3. The second-order valence-electron chi connectivity index (χ2n) is 5.62. The zero-order chi connectivity index (χ0) is 18.4. The topological polar surface area (TPSA) is 49.8 Å². The predicted molar refractivity (Wildman–Crippen MR) is 80.2 cm³/mol. The first-order valence-electron chi connectivity index (χ1n) is 7.34. The summed E-state index contributed by atoms with van der Waals surface area (Å²) in [5, 5.41) is 9.74. The number of anilines is 1. The summed E-state index contributed by atoms with van der Waals surface area (Å²) in [6.45, 7) is 0.817. The Kier molecular flexibility index (Phi) is 4.16. The fourth-order valence-electron chi connectivity index (χ4n) is 2.61. The van der Waals surface area contributed by atoms with Crippen LogP contribution in [0.4, 0.5) is 23.2 Å². The SMILES string of the molecule is CC(O)c1cccc2c1OC(F)(F)C(=O)N2Cc1ccc(F)cc1F. The van der Waals surface area contributed by atoms with Gasteiger partial charge in [0.25, 0.3) is 0 Å². The molecule has 2 aromatic rings. The second-order valence-corrected chi connectivity index (χ2v) is 5.62. The molecule has 8 heteroatoms. The number of para-hydroxylation sites is 1. The summed E-state index contributed by atoms with van der Waals surface area (Å²) in [6, 6.07) is 6.82. The van der Waals surface area contributed by atoms with Crippen molar-refractivity contribution >= 4 is 11.6 Å². The molecule has 4 nitrogen and oxygen atoms in total. The molecule has 0 bridgehead atoms. The van der Waals surface area contributed by atoms with E-state index in [1.54, 1.807) is 0 Å². The second kappa shape index (κ2) is 6.03. The average Bonchev–Trinajstić information content (AvgIpc) is 2.52. The Hall–Kier alpha value is -2.61. The number of benzene rings is 2. The molecule has 0 saturated carbocycles. The molecule has 1 heterocycles. The highest BCUT2D eigenvalue weighted by atomic mass is 19.3. The molecule has 1 aliphatic rings. The maximum Gasteiger partial charge on any atom is 0.483 e. The van der Waals surface area contributed by atoms with Crippen molar-refractivity contribution in [3.8, 4) is 5.75 Å². The highest BCUT2D eigenvalue weighted by molar-refractivity contribution is 6.01. The summed E-state index contributed by atoms with van der Waals surface area (Å²) in [6.07, 6.45) is -5.29. The first-order chi connectivity index (χ1) is 11.7. The van der Waals surface area contributed by atoms with E-state index in [2.05, 4.69) is 4.74 Å². The molecule has 132 valence electrons. The van der Waals surface area contributed by atoms with Crippen molar-refractivity contribution in [1.29, 1.82) is 0 Å². The van der Waals surface area contributed by atoms with Crippen LogP contribution in [0.1, 0.15) is 24.2 Å². The van der Waals surface area contributed by atoms with Crippen LogP contribution in [0, 0.1) is 11.6 Å². The minimum absolute atomic E-state index is 0.0296. The van der Waals surface area contributed by atoms with Gasteiger partial charge in [0.2, 0.25) is 0 Å². The molecule has 1 N–H and O–H groups in total. The molecule has 1 aliphatic heterocycles. The van der Waals surface area contributed by atoms with Crippen LogP contribution in [-0.2, 0) is 11.3 Å².